The second-order valence-electron chi connectivity index (χ2n) is 3.94. The highest BCUT2D eigenvalue weighted by atomic mass is 16.5. The molecule has 4 heteroatoms. The van der Waals surface area contributed by atoms with E-state index in [2.05, 4.69) is 4.74 Å². The lowest BCUT2D eigenvalue weighted by atomic mass is 9.79. The van der Waals surface area contributed by atoms with Gasteiger partial charge in [0.2, 0.25) is 0 Å². The van der Waals surface area contributed by atoms with Gasteiger partial charge < -0.3 is 9.47 Å². The molecular formula is C12H22O4. The number of ether oxygens (including phenoxy) is 2. The molecule has 94 valence electrons. The van der Waals surface area contributed by atoms with E-state index in [0.717, 1.165) is 12.8 Å². The standard InChI is InChI=1S/C12H22O4/c1-6-9(7-2)10(12(14)16-5)8(3)11(13)15-4/h8-10H,6-7H2,1-5H3. The van der Waals surface area contributed by atoms with Crippen LogP contribution in [0.15, 0.2) is 0 Å². The van der Waals surface area contributed by atoms with E-state index in [1.165, 1.54) is 14.2 Å². The molecule has 0 N–H and O–H groups in total. The van der Waals surface area contributed by atoms with Crippen LogP contribution in [0.25, 0.3) is 0 Å². The maximum Gasteiger partial charge on any atom is 0.309 e. The zero-order valence-corrected chi connectivity index (χ0v) is 10.8. The lowest BCUT2D eigenvalue weighted by Crippen LogP contribution is -2.35. The molecule has 16 heavy (non-hydrogen) atoms. The molecule has 2 unspecified atom stereocenters. The molecule has 2 atom stereocenters. The first kappa shape index (κ1) is 14.9. The van der Waals surface area contributed by atoms with E-state index in [4.69, 9.17) is 4.74 Å². The third-order valence-corrected chi connectivity index (χ3v) is 3.14. The van der Waals surface area contributed by atoms with Gasteiger partial charge >= 0.3 is 11.9 Å². The number of carbonyl (C=O) groups is 2. The molecule has 0 radical (unpaired) electrons. The Morgan fingerprint density at radius 1 is 1.00 bits per heavy atom. The first-order valence-corrected chi connectivity index (χ1v) is 5.69. The Hall–Kier alpha value is -1.06. The smallest absolute Gasteiger partial charge is 0.309 e. The number of esters is 2. The summed E-state index contributed by atoms with van der Waals surface area (Å²) in [6, 6.07) is 0. The molecule has 0 aliphatic carbocycles. The molecule has 0 rings (SSSR count). The van der Waals surface area contributed by atoms with Gasteiger partial charge in [-0.25, -0.2) is 0 Å². The lowest BCUT2D eigenvalue weighted by molar-refractivity contribution is -0.159. The van der Waals surface area contributed by atoms with Gasteiger partial charge in [-0.1, -0.05) is 33.6 Å². The van der Waals surface area contributed by atoms with Crippen molar-refractivity contribution in [3.05, 3.63) is 0 Å². The fourth-order valence-corrected chi connectivity index (χ4v) is 2.07. The molecular weight excluding hydrogens is 208 g/mol. The van der Waals surface area contributed by atoms with Gasteiger partial charge in [-0.3, -0.25) is 9.59 Å². The maximum absolute atomic E-state index is 11.7. The van der Waals surface area contributed by atoms with Crippen LogP contribution >= 0.6 is 0 Å². The molecule has 0 aliphatic rings. The highest BCUT2D eigenvalue weighted by molar-refractivity contribution is 5.81. The number of carbonyl (C=O) groups excluding carboxylic acids is 2. The molecule has 0 saturated carbocycles. The van der Waals surface area contributed by atoms with Crippen LogP contribution in [-0.4, -0.2) is 26.2 Å². The fraction of sp³-hybridized carbons (Fsp3) is 0.833. The highest BCUT2D eigenvalue weighted by Gasteiger charge is 2.36. The third kappa shape index (κ3) is 3.51. The van der Waals surface area contributed by atoms with E-state index in [9.17, 15) is 9.59 Å². The van der Waals surface area contributed by atoms with Crippen molar-refractivity contribution in [2.75, 3.05) is 14.2 Å². The van der Waals surface area contributed by atoms with Crippen LogP contribution in [-0.2, 0) is 19.1 Å². The zero-order chi connectivity index (χ0) is 12.7. The summed E-state index contributed by atoms with van der Waals surface area (Å²) in [5, 5.41) is 0. The van der Waals surface area contributed by atoms with Gasteiger partial charge in [0.25, 0.3) is 0 Å². The summed E-state index contributed by atoms with van der Waals surface area (Å²) in [6.07, 6.45) is 1.69. The molecule has 4 nitrogen and oxygen atoms in total. The van der Waals surface area contributed by atoms with Gasteiger partial charge in [0, 0.05) is 0 Å². The van der Waals surface area contributed by atoms with Gasteiger partial charge in [0.15, 0.2) is 0 Å². The summed E-state index contributed by atoms with van der Waals surface area (Å²) < 4.78 is 9.45. The SMILES string of the molecule is CCC(CC)C(C(=O)OC)C(C)C(=O)OC. The van der Waals surface area contributed by atoms with Gasteiger partial charge in [-0.15, -0.1) is 0 Å². The average molecular weight is 230 g/mol. The first-order valence-electron chi connectivity index (χ1n) is 5.69. The fourth-order valence-electron chi connectivity index (χ4n) is 2.07. The van der Waals surface area contributed by atoms with Crippen molar-refractivity contribution in [2.24, 2.45) is 17.8 Å². The summed E-state index contributed by atoms with van der Waals surface area (Å²) in [6.45, 7) is 5.73. The minimum absolute atomic E-state index is 0.154. The van der Waals surface area contributed by atoms with Crippen molar-refractivity contribution < 1.29 is 19.1 Å². The number of hydrogen-bond donors (Lipinski definition) is 0. The van der Waals surface area contributed by atoms with Crippen LogP contribution in [0.2, 0.25) is 0 Å². The molecule has 0 aromatic carbocycles. The van der Waals surface area contributed by atoms with Crippen LogP contribution in [0, 0.1) is 17.8 Å². The predicted octanol–water partition coefficient (Wildman–Crippen LogP) is 2.02. The summed E-state index contributed by atoms with van der Waals surface area (Å²) in [5.41, 5.74) is 0. The molecule has 0 spiro atoms. The summed E-state index contributed by atoms with van der Waals surface area (Å²) in [4.78, 5) is 23.2. The van der Waals surface area contributed by atoms with Gasteiger partial charge in [0.1, 0.15) is 0 Å². The van der Waals surface area contributed by atoms with Gasteiger partial charge in [-0.05, 0) is 5.92 Å². The Labute approximate surface area is 97.3 Å². The van der Waals surface area contributed by atoms with Crippen LogP contribution < -0.4 is 0 Å². The number of methoxy groups -OCH3 is 2. The van der Waals surface area contributed by atoms with Crippen molar-refractivity contribution >= 4 is 11.9 Å². The van der Waals surface area contributed by atoms with Gasteiger partial charge in [-0.2, -0.15) is 0 Å². The Morgan fingerprint density at radius 3 is 1.75 bits per heavy atom. The Morgan fingerprint density at radius 2 is 1.44 bits per heavy atom. The van der Waals surface area contributed by atoms with E-state index >= 15 is 0 Å². The Balaban J connectivity index is 4.92. The minimum Gasteiger partial charge on any atom is -0.469 e. The maximum atomic E-state index is 11.7. The van der Waals surface area contributed by atoms with Crippen LogP contribution in [0.4, 0.5) is 0 Å². The monoisotopic (exact) mass is 230 g/mol. The molecule has 0 bridgehead atoms. The second kappa shape index (κ2) is 7.25. The molecule has 0 aliphatic heterocycles. The lowest BCUT2D eigenvalue weighted by Gasteiger charge is -2.26. The Kier molecular flexibility index (Phi) is 6.77. The molecule has 0 aromatic rings. The van der Waals surface area contributed by atoms with Crippen molar-refractivity contribution in [2.45, 2.75) is 33.6 Å². The van der Waals surface area contributed by atoms with Crippen molar-refractivity contribution in [1.29, 1.82) is 0 Å². The topological polar surface area (TPSA) is 52.6 Å². The van der Waals surface area contributed by atoms with E-state index in [-0.39, 0.29) is 17.9 Å². The van der Waals surface area contributed by atoms with Crippen LogP contribution in [0.1, 0.15) is 33.6 Å². The predicted molar refractivity (Wildman–Crippen MR) is 60.8 cm³/mol. The molecule has 0 fully saturated rings. The van der Waals surface area contributed by atoms with Crippen LogP contribution in [0.5, 0.6) is 0 Å². The average Bonchev–Trinajstić information content (AvgIpc) is 2.32. The van der Waals surface area contributed by atoms with E-state index < -0.39 is 11.8 Å². The molecule has 0 amide bonds. The molecule has 0 aromatic heterocycles. The normalized spacial score (nSPS) is 14.4. The quantitative estimate of drug-likeness (QED) is 0.655. The summed E-state index contributed by atoms with van der Waals surface area (Å²) in [5.74, 6) is -1.40. The minimum atomic E-state index is -0.456. The van der Waals surface area contributed by atoms with Crippen molar-refractivity contribution in [3.63, 3.8) is 0 Å². The summed E-state index contributed by atoms with van der Waals surface area (Å²) in [7, 11) is 2.68. The largest absolute Gasteiger partial charge is 0.469 e. The molecule has 0 heterocycles. The number of hydrogen-bond acceptors (Lipinski definition) is 4. The third-order valence-electron chi connectivity index (χ3n) is 3.14. The van der Waals surface area contributed by atoms with Gasteiger partial charge in [0.05, 0.1) is 26.1 Å². The van der Waals surface area contributed by atoms with Crippen LogP contribution in [0.3, 0.4) is 0 Å². The Bertz CT molecular complexity index is 233. The van der Waals surface area contributed by atoms with E-state index in [0.29, 0.717) is 0 Å². The zero-order valence-electron chi connectivity index (χ0n) is 10.8. The first-order chi connectivity index (χ1) is 7.53. The van der Waals surface area contributed by atoms with Crippen molar-refractivity contribution in [3.8, 4) is 0 Å². The van der Waals surface area contributed by atoms with E-state index in [1.54, 1.807) is 6.92 Å². The summed E-state index contributed by atoms with van der Waals surface area (Å²) >= 11 is 0. The van der Waals surface area contributed by atoms with E-state index in [1.807, 2.05) is 13.8 Å². The highest BCUT2D eigenvalue weighted by Crippen LogP contribution is 2.28. The van der Waals surface area contributed by atoms with Crippen molar-refractivity contribution in [1.82, 2.24) is 0 Å². The molecule has 0 saturated heterocycles. The second-order valence-corrected chi connectivity index (χ2v) is 3.94. The number of rotatable bonds is 6.